The number of para-hydroxylation sites is 1. The van der Waals surface area contributed by atoms with Crippen molar-refractivity contribution in [3.63, 3.8) is 0 Å². The van der Waals surface area contributed by atoms with Gasteiger partial charge in [-0.05, 0) is 12.5 Å². The first-order valence-electron chi connectivity index (χ1n) is 13.2. The minimum absolute atomic E-state index is 0.0284. The van der Waals surface area contributed by atoms with Crippen LogP contribution in [0.4, 0.5) is 0 Å². The number of hydrogen-bond donors (Lipinski definition) is 0. The average Bonchev–Trinajstić information content (AvgIpc) is 3.33. The number of quaternary nitrogens is 1. The van der Waals surface area contributed by atoms with Crippen molar-refractivity contribution < 1.29 is 28.3 Å². The molecule has 1 aromatic carbocycles. The fourth-order valence-corrected chi connectivity index (χ4v) is 4.74. The number of ether oxygens (including phenoxy) is 3. The molecule has 0 spiro atoms. The molecule has 0 saturated carbocycles. The lowest BCUT2D eigenvalue weighted by Crippen LogP contribution is -2.55. The third-order valence-electron chi connectivity index (χ3n) is 6.73. The monoisotopic (exact) mass is 530 g/mol. The van der Waals surface area contributed by atoms with Crippen molar-refractivity contribution in [3.8, 4) is 11.6 Å². The number of rotatable bonds is 13. The van der Waals surface area contributed by atoms with Gasteiger partial charge in [0.15, 0.2) is 0 Å². The van der Waals surface area contributed by atoms with Gasteiger partial charge in [0.05, 0.1) is 44.3 Å². The van der Waals surface area contributed by atoms with E-state index in [0.29, 0.717) is 34.8 Å². The molecule has 3 rings (SSSR count). The second-order valence-electron chi connectivity index (χ2n) is 10.2. The van der Waals surface area contributed by atoms with Crippen molar-refractivity contribution in [2.75, 3.05) is 26.7 Å². The Morgan fingerprint density at radius 1 is 1.11 bits per heavy atom. The molecule has 1 aliphatic rings. The Morgan fingerprint density at radius 3 is 2.65 bits per heavy atom. The van der Waals surface area contributed by atoms with Crippen LogP contribution in [-0.2, 0) is 20.7 Å². The summed E-state index contributed by atoms with van der Waals surface area (Å²) in [5.74, 6) is 0.0416. The Labute approximate surface area is 224 Å². The lowest BCUT2D eigenvalue weighted by molar-refractivity contribution is -0.944. The zero-order chi connectivity index (χ0) is 26.8. The van der Waals surface area contributed by atoms with Crippen LogP contribution in [0.5, 0.6) is 11.6 Å². The van der Waals surface area contributed by atoms with Crippen molar-refractivity contribution in [2.45, 2.75) is 72.4 Å². The van der Waals surface area contributed by atoms with Gasteiger partial charge in [0.25, 0.3) is 5.88 Å². The van der Waals surface area contributed by atoms with Gasteiger partial charge in [-0.3, -0.25) is 14.1 Å². The molecule has 37 heavy (non-hydrogen) atoms. The molecule has 0 aliphatic carbocycles. The molecule has 0 fully saturated rings. The van der Waals surface area contributed by atoms with Gasteiger partial charge in [-0.25, -0.2) is 0 Å². The van der Waals surface area contributed by atoms with Crippen molar-refractivity contribution in [1.82, 2.24) is 8.75 Å². The average molecular weight is 531 g/mol. The SMILES string of the molecule is CCCCCCOc1nsnc1C1=CCC[N+](C)(C(C)OC(=O)Cc2ccccc2OC(=O)C(C)C)C1. The van der Waals surface area contributed by atoms with Crippen LogP contribution in [0.2, 0.25) is 0 Å². The van der Waals surface area contributed by atoms with E-state index in [1.165, 1.54) is 12.8 Å². The molecule has 2 atom stereocenters. The van der Waals surface area contributed by atoms with E-state index in [9.17, 15) is 9.59 Å². The number of hydrogen-bond acceptors (Lipinski definition) is 8. The number of esters is 2. The highest BCUT2D eigenvalue weighted by molar-refractivity contribution is 6.99. The Balaban J connectivity index is 1.60. The van der Waals surface area contributed by atoms with E-state index in [0.717, 1.165) is 48.8 Å². The van der Waals surface area contributed by atoms with Crippen molar-refractivity contribution >= 4 is 29.2 Å². The van der Waals surface area contributed by atoms with E-state index >= 15 is 0 Å². The number of unbranched alkanes of at least 4 members (excludes halogenated alkanes) is 3. The Kier molecular flexibility index (Phi) is 10.6. The molecule has 0 amide bonds. The highest BCUT2D eigenvalue weighted by Crippen LogP contribution is 2.32. The minimum atomic E-state index is -0.369. The highest BCUT2D eigenvalue weighted by atomic mass is 32.1. The first-order valence-corrected chi connectivity index (χ1v) is 13.9. The topological polar surface area (TPSA) is 87.6 Å². The third kappa shape index (κ3) is 8.10. The fraction of sp³-hybridized carbons (Fsp3) is 0.571. The number of nitrogens with zero attached hydrogens (tertiary/aromatic N) is 3. The first kappa shape index (κ1) is 28.8. The molecule has 0 saturated heterocycles. The Bertz CT molecular complexity index is 1080. The van der Waals surface area contributed by atoms with Crippen LogP contribution in [0.3, 0.4) is 0 Å². The molecule has 0 bridgehead atoms. The molecule has 0 radical (unpaired) electrons. The van der Waals surface area contributed by atoms with Gasteiger partial charge in [0.1, 0.15) is 18.0 Å². The van der Waals surface area contributed by atoms with Crippen molar-refractivity contribution in [2.24, 2.45) is 5.92 Å². The molecule has 202 valence electrons. The fourth-order valence-electron chi connectivity index (χ4n) is 4.21. The number of carbonyl (C=O) groups is 2. The summed E-state index contributed by atoms with van der Waals surface area (Å²) in [6, 6.07) is 7.09. The lowest BCUT2D eigenvalue weighted by atomic mass is 10.0. The predicted molar refractivity (Wildman–Crippen MR) is 144 cm³/mol. The zero-order valence-electron chi connectivity index (χ0n) is 22.7. The summed E-state index contributed by atoms with van der Waals surface area (Å²) >= 11 is 1.16. The van der Waals surface area contributed by atoms with E-state index in [2.05, 4.69) is 28.8 Å². The first-order chi connectivity index (χ1) is 17.7. The maximum atomic E-state index is 12.9. The van der Waals surface area contributed by atoms with Gasteiger partial charge in [0, 0.05) is 24.5 Å². The Morgan fingerprint density at radius 2 is 1.89 bits per heavy atom. The van der Waals surface area contributed by atoms with Crippen LogP contribution in [0, 0.1) is 5.92 Å². The van der Waals surface area contributed by atoms with Gasteiger partial charge >= 0.3 is 11.9 Å². The van der Waals surface area contributed by atoms with E-state index in [1.54, 1.807) is 32.0 Å². The summed E-state index contributed by atoms with van der Waals surface area (Å²) in [7, 11) is 2.09. The lowest BCUT2D eigenvalue weighted by Gasteiger charge is -2.41. The molecule has 2 aromatic rings. The minimum Gasteiger partial charge on any atom is -0.475 e. The number of carbonyl (C=O) groups excluding carboxylic acids is 2. The van der Waals surface area contributed by atoms with Crippen LogP contribution in [0.1, 0.15) is 71.1 Å². The molecule has 9 heteroatoms. The summed E-state index contributed by atoms with van der Waals surface area (Å²) in [5, 5.41) is 0. The Hall–Kier alpha value is -2.78. The van der Waals surface area contributed by atoms with Gasteiger partial charge in [-0.2, -0.15) is 4.37 Å². The van der Waals surface area contributed by atoms with E-state index in [-0.39, 0.29) is 30.5 Å². The molecule has 2 unspecified atom stereocenters. The maximum Gasteiger partial charge on any atom is 0.314 e. The number of benzene rings is 1. The molecule has 1 aliphatic heterocycles. The third-order valence-corrected chi connectivity index (χ3v) is 7.24. The summed E-state index contributed by atoms with van der Waals surface area (Å²) < 4.78 is 26.8. The maximum absolute atomic E-state index is 12.9. The quantitative estimate of drug-likeness (QED) is 0.148. The standard InChI is InChI=1S/C28H40N3O5S/c1-6-7-8-11-17-34-27-26(29-37-30-27)23-14-12-16-31(5,19-23)21(4)35-25(32)18-22-13-9-10-15-24(22)36-28(33)20(2)3/h9-10,13-15,20-21H,6-8,11-12,16-19H2,1-5H3/q+1. The van der Waals surface area contributed by atoms with Crippen LogP contribution >= 0.6 is 11.7 Å². The second-order valence-corrected chi connectivity index (χ2v) is 10.7. The number of likely N-dealkylation sites (N-methyl/N-ethyl adjacent to an activating group) is 1. The van der Waals surface area contributed by atoms with Crippen LogP contribution in [0.25, 0.3) is 5.57 Å². The molecule has 1 aromatic heterocycles. The van der Waals surface area contributed by atoms with E-state index in [4.69, 9.17) is 14.2 Å². The largest absolute Gasteiger partial charge is 0.475 e. The molecule has 0 N–H and O–H groups in total. The molecular formula is C28H40N3O5S+. The van der Waals surface area contributed by atoms with Gasteiger partial charge in [-0.1, -0.05) is 64.3 Å². The summed E-state index contributed by atoms with van der Waals surface area (Å²) in [6.45, 7) is 9.80. The predicted octanol–water partition coefficient (Wildman–Crippen LogP) is 5.42. The second kappa shape index (κ2) is 13.7. The van der Waals surface area contributed by atoms with Crippen LogP contribution in [-0.4, -0.2) is 58.1 Å². The smallest absolute Gasteiger partial charge is 0.314 e. The van der Waals surface area contributed by atoms with Gasteiger partial charge < -0.3 is 14.2 Å². The zero-order valence-corrected chi connectivity index (χ0v) is 23.5. The number of aromatic nitrogens is 2. The molecule has 2 heterocycles. The van der Waals surface area contributed by atoms with Gasteiger partial charge in [-0.15, -0.1) is 4.37 Å². The van der Waals surface area contributed by atoms with E-state index < -0.39 is 0 Å². The van der Waals surface area contributed by atoms with Crippen molar-refractivity contribution in [3.05, 3.63) is 41.6 Å². The van der Waals surface area contributed by atoms with Crippen LogP contribution < -0.4 is 9.47 Å². The molecule has 8 nitrogen and oxygen atoms in total. The van der Waals surface area contributed by atoms with Gasteiger partial charge in [0.2, 0.25) is 6.23 Å². The molecular weight excluding hydrogens is 490 g/mol. The highest BCUT2D eigenvalue weighted by Gasteiger charge is 2.36. The summed E-state index contributed by atoms with van der Waals surface area (Å²) in [6.07, 6.45) is 7.24. The summed E-state index contributed by atoms with van der Waals surface area (Å²) in [4.78, 5) is 25.0. The normalized spacial score (nSPS) is 18.3. The van der Waals surface area contributed by atoms with Crippen molar-refractivity contribution in [1.29, 1.82) is 0 Å². The van der Waals surface area contributed by atoms with Crippen LogP contribution in [0.15, 0.2) is 30.3 Å². The van der Waals surface area contributed by atoms with E-state index in [1.807, 2.05) is 13.0 Å². The summed E-state index contributed by atoms with van der Waals surface area (Å²) in [5.41, 5.74) is 2.49.